The fourth-order valence-corrected chi connectivity index (χ4v) is 2.36. The van der Waals surface area contributed by atoms with Crippen LogP contribution in [0.15, 0.2) is 22.7 Å². The molecule has 1 aliphatic rings. The van der Waals surface area contributed by atoms with E-state index in [4.69, 9.17) is 21.2 Å². The first-order chi connectivity index (χ1) is 11.2. The Morgan fingerprint density at radius 2 is 2.26 bits per heavy atom. The summed E-state index contributed by atoms with van der Waals surface area (Å²) in [5, 5.41) is 18.7. The molecule has 0 unspecified atom stereocenters. The Bertz CT molecular complexity index is 700. The van der Waals surface area contributed by atoms with Gasteiger partial charge in [-0.05, 0) is 31.0 Å². The Labute approximate surface area is 138 Å². The van der Waals surface area contributed by atoms with Gasteiger partial charge in [0.2, 0.25) is 5.89 Å². The lowest BCUT2D eigenvalue weighted by Gasteiger charge is -2.08. The molecular weight excluding hydrogens is 320 g/mol. The average molecular weight is 337 g/mol. The predicted octanol–water partition coefficient (Wildman–Crippen LogP) is 1.93. The molecule has 8 heteroatoms. The maximum Gasteiger partial charge on any atom is 0.252 e. The number of aromatic nitrogens is 2. The Balaban J connectivity index is 1.59. The summed E-state index contributed by atoms with van der Waals surface area (Å²) in [4.78, 5) is 16.2. The van der Waals surface area contributed by atoms with Gasteiger partial charge in [0.05, 0.1) is 23.7 Å². The molecule has 122 valence electrons. The molecule has 2 aromatic rings. The molecule has 0 aliphatic heterocycles. The van der Waals surface area contributed by atoms with Gasteiger partial charge in [-0.25, -0.2) is 0 Å². The fraction of sp³-hybridized carbons (Fsp3) is 0.400. The first-order valence-electron chi connectivity index (χ1n) is 7.42. The second kappa shape index (κ2) is 6.97. The molecule has 0 saturated heterocycles. The van der Waals surface area contributed by atoms with Crippen molar-refractivity contribution in [2.75, 3.05) is 18.5 Å². The zero-order valence-electron chi connectivity index (χ0n) is 12.4. The normalized spacial score (nSPS) is 13.8. The highest BCUT2D eigenvalue weighted by Gasteiger charge is 2.29. The molecule has 1 saturated carbocycles. The number of nitrogens with one attached hydrogen (secondary N) is 2. The minimum Gasteiger partial charge on any atom is -0.395 e. The van der Waals surface area contributed by atoms with Gasteiger partial charge in [-0.15, -0.1) is 0 Å². The molecule has 7 nitrogen and oxygen atoms in total. The van der Waals surface area contributed by atoms with Crippen LogP contribution in [0.1, 0.15) is 40.8 Å². The van der Waals surface area contributed by atoms with Gasteiger partial charge < -0.3 is 20.3 Å². The van der Waals surface area contributed by atoms with Crippen LogP contribution in [-0.2, 0) is 6.54 Å². The molecule has 0 spiro atoms. The number of anilines is 1. The van der Waals surface area contributed by atoms with Crippen LogP contribution in [0.3, 0.4) is 0 Å². The maximum atomic E-state index is 11.8. The Hall–Kier alpha value is -2.12. The fourth-order valence-electron chi connectivity index (χ4n) is 2.09. The van der Waals surface area contributed by atoms with Crippen LogP contribution in [-0.4, -0.2) is 34.3 Å². The van der Waals surface area contributed by atoms with Crippen molar-refractivity contribution in [3.8, 4) is 0 Å². The van der Waals surface area contributed by atoms with Gasteiger partial charge in [0.15, 0.2) is 5.82 Å². The zero-order chi connectivity index (χ0) is 16.2. The van der Waals surface area contributed by atoms with Crippen molar-refractivity contribution in [3.05, 3.63) is 40.5 Å². The number of benzene rings is 1. The van der Waals surface area contributed by atoms with Crippen molar-refractivity contribution >= 4 is 23.2 Å². The number of carbonyl (C=O) groups is 1. The second-order valence-electron chi connectivity index (χ2n) is 5.35. The summed E-state index contributed by atoms with van der Waals surface area (Å²) in [6, 6.07) is 5.04. The molecule has 0 bridgehead atoms. The Morgan fingerprint density at radius 1 is 1.43 bits per heavy atom. The van der Waals surface area contributed by atoms with Gasteiger partial charge in [0, 0.05) is 18.2 Å². The summed E-state index contributed by atoms with van der Waals surface area (Å²) < 4.78 is 5.19. The van der Waals surface area contributed by atoms with Crippen molar-refractivity contribution in [1.29, 1.82) is 0 Å². The van der Waals surface area contributed by atoms with Crippen LogP contribution >= 0.6 is 11.6 Å². The number of halogens is 1. The lowest BCUT2D eigenvalue weighted by molar-refractivity contribution is 0.0945. The van der Waals surface area contributed by atoms with Gasteiger partial charge in [-0.2, -0.15) is 4.98 Å². The highest BCUT2D eigenvalue weighted by molar-refractivity contribution is 6.34. The lowest BCUT2D eigenvalue weighted by atomic mass is 10.2. The van der Waals surface area contributed by atoms with Crippen LogP contribution in [0.5, 0.6) is 0 Å². The van der Waals surface area contributed by atoms with E-state index in [1.165, 1.54) is 0 Å². The third-order valence-electron chi connectivity index (χ3n) is 3.47. The number of aliphatic hydroxyl groups is 1. The molecule has 1 amide bonds. The van der Waals surface area contributed by atoms with Crippen molar-refractivity contribution < 1.29 is 14.4 Å². The van der Waals surface area contributed by atoms with E-state index in [0.717, 1.165) is 18.5 Å². The smallest absolute Gasteiger partial charge is 0.252 e. The molecule has 3 N–H and O–H groups in total. The number of rotatable bonds is 7. The molecule has 23 heavy (non-hydrogen) atoms. The molecule has 1 aromatic heterocycles. The third kappa shape index (κ3) is 4.00. The molecule has 1 fully saturated rings. The number of hydrogen-bond acceptors (Lipinski definition) is 6. The quantitative estimate of drug-likeness (QED) is 0.714. The maximum absolute atomic E-state index is 11.8. The Morgan fingerprint density at radius 3 is 2.96 bits per heavy atom. The van der Waals surface area contributed by atoms with Crippen LogP contribution < -0.4 is 10.6 Å². The van der Waals surface area contributed by atoms with Gasteiger partial charge in [0.1, 0.15) is 0 Å². The lowest BCUT2D eigenvalue weighted by Crippen LogP contribution is -2.26. The first kappa shape index (κ1) is 15.8. The third-order valence-corrected chi connectivity index (χ3v) is 3.78. The van der Waals surface area contributed by atoms with E-state index in [-0.39, 0.29) is 19.1 Å². The van der Waals surface area contributed by atoms with E-state index >= 15 is 0 Å². The second-order valence-corrected chi connectivity index (χ2v) is 5.76. The van der Waals surface area contributed by atoms with Crippen molar-refractivity contribution in [2.24, 2.45) is 0 Å². The monoisotopic (exact) mass is 336 g/mol. The predicted molar refractivity (Wildman–Crippen MR) is 84.5 cm³/mol. The van der Waals surface area contributed by atoms with Gasteiger partial charge in [-0.3, -0.25) is 4.79 Å². The summed E-state index contributed by atoms with van der Waals surface area (Å²) >= 11 is 6.13. The highest BCUT2D eigenvalue weighted by Crippen LogP contribution is 2.38. The van der Waals surface area contributed by atoms with E-state index in [2.05, 4.69) is 20.8 Å². The van der Waals surface area contributed by atoms with Gasteiger partial charge in [-0.1, -0.05) is 16.8 Å². The SMILES string of the molecule is O=C(NCCO)c1ccc(NCc2noc(C3CC3)n2)cc1Cl. The number of carbonyl (C=O) groups excluding carboxylic acids is 1. The molecule has 1 aromatic carbocycles. The topological polar surface area (TPSA) is 100 Å². The van der Waals surface area contributed by atoms with Crippen LogP contribution in [0, 0.1) is 0 Å². The van der Waals surface area contributed by atoms with E-state index in [9.17, 15) is 4.79 Å². The largest absolute Gasteiger partial charge is 0.395 e. The summed E-state index contributed by atoms with van der Waals surface area (Å²) in [6.07, 6.45) is 2.23. The average Bonchev–Trinajstić information content (AvgIpc) is 3.29. The molecule has 0 radical (unpaired) electrons. The van der Waals surface area contributed by atoms with Crippen LogP contribution in [0.25, 0.3) is 0 Å². The van der Waals surface area contributed by atoms with Crippen molar-refractivity contribution in [2.45, 2.75) is 25.3 Å². The molecule has 1 aliphatic carbocycles. The minimum absolute atomic E-state index is 0.115. The van der Waals surface area contributed by atoms with E-state index < -0.39 is 0 Å². The van der Waals surface area contributed by atoms with E-state index in [1.54, 1.807) is 18.2 Å². The summed E-state index contributed by atoms with van der Waals surface area (Å²) in [5.41, 5.74) is 1.12. The summed E-state index contributed by atoms with van der Waals surface area (Å²) in [5.74, 6) is 1.41. The van der Waals surface area contributed by atoms with Gasteiger partial charge in [0.25, 0.3) is 5.91 Å². The summed E-state index contributed by atoms with van der Waals surface area (Å²) in [7, 11) is 0. The Kier molecular flexibility index (Phi) is 4.78. The molecule has 0 atom stereocenters. The van der Waals surface area contributed by atoms with Crippen molar-refractivity contribution in [3.63, 3.8) is 0 Å². The molecule has 3 rings (SSSR count). The number of hydrogen-bond donors (Lipinski definition) is 3. The van der Waals surface area contributed by atoms with Crippen molar-refractivity contribution in [1.82, 2.24) is 15.5 Å². The van der Waals surface area contributed by atoms with Crippen LogP contribution in [0.2, 0.25) is 5.02 Å². The van der Waals surface area contributed by atoms with Crippen LogP contribution in [0.4, 0.5) is 5.69 Å². The molecular formula is C15H17ClN4O3. The first-order valence-corrected chi connectivity index (χ1v) is 7.80. The molecule has 1 heterocycles. The number of aliphatic hydroxyl groups excluding tert-OH is 1. The van der Waals surface area contributed by atoms with E-state index in [0.29, 0.717) is 34.8 Å². The zero-order valence-corrected chi connectivity index (χ0v) is 13.1. The van der Waals surface area contributed by atoms with E-state index in [1.807, 2.05) is 0 Å². The summed E-state index contributed by atoms with van der Waals surface area (Å²) in [6.45, 7) is 0.496. The number of amides is 1. The van der Waals surface area contributed by atoms with Gasteiger partial charge >= 0.3 is 0 Å². The number of nitrogens with zero attached hydrogens (tertiary/aromatic N) is 2. The minimum atomic E-state index is -0.317. The highest BCUT2D eigenvalue weighted by atomic mass is 35.5. The standard InChI is InChI=1S/C15H17ClN4O3/c16-12-7-10(3-4-11(12)14(22)17-5-6-21)18-8-13-19-15(23-20-13)9-1-2-9/h3-4,7,9,18,21H,1-2,5-6,8H2,(H,17,22).